The molecule has 0 saturated heterocycles. The molecule has 88 valence electrons. The number of ether oxygens (including phenoxy) is 1. The summed E-state index contributed by atoms with van der Waals surface area (Å²) in [6, 6.07) is 3.66. The monoisotopic (exact) mass is 251 g/mol. The maximum Gasteiger partial charge on any atom is 0.208 e. The van der Waals surface area contributed by atoms with Crippen LogP contribution in [0.3, 0.4) is 0 Å². The molecule has 1 aliphatic heterocycles. The number of anilines is 1. The molecule has 0 unspecified atom stereocenters. The molecule has 0 atom stereocenters. The van der Waals surface area contributed by atoms with Crippen molar-refractivity contribution in [2.24, 2.45) is 0 Å². The second kappa shape index (κ2) is 3.89. The van der Waals surface area contributed by atoms with Crippen molar-refractivity contribution in [1.82, 2.24) is 20.6 Å². The Bertz CT molecular complexity index is 542. The average molecular weight is 252 g/mol. The molecule has 3 rings (SSSR count). The molecule has 2 aromatic rings. The number of aromatic nitrogens is 4. The molecule has 0 spiro atoms. The van der Waals surface area contributed by atoms with E-state index in [0.717, 1.165) is 23.5 Å². The number of halogens is 1. The Morgan fingerprint density at radius 1 is 1.47 bits per heavy atom. The maximum absolute atomic E-state index is 6.10. The van der Waals surface area contributed by atoms with Gasteiger partial charge in [-0.3, -0.25) is 0 Å². The van der Waals surface area contributed by atoms with Crippen molar-refractivity contribution >= 4 is 17.3 Å². The lowest BCUT2D eigenvalue weighted by atomic mass is 10.1. The highest BCUT2D eigenvalue weighted by Gasteiger charge is 2.22. The van der Waals surface area contributed by atoms with Crippen molar-refractivity contribution in [2.45, 2.75) is 0 Å². The van der Waals surface area contributed by atoms with Crippen LogP contribution >= 0.6 is 11.6 Å². The SMILES string of the molecule is CN1CCOc2c(-c3nn[nH]n3)cc(Cl)cc21. The van der Waals surface area contributed by atoms with Gasteiger partial charge in [0.1, 0.15) is 6.61 Å². The van der Waals surface area contributed by atoms with Gasteiger partial charge in [-0.15, -0.1) is 10.2 Å². The van der Waals surface area contributed by atoms with E-state index in [1.165, 1.54) is 0 Å². The van der Waals surface area contributed by atoms with E-state index in [2.05, 4.69) is 25.5 Å². The van der Waals surface area contributed by atoms with Crippen LogP contribution in [-0.2, 0) is 0 Å². The summed E-state index contributed by atoms with van der Waals surface area (Å²) in [4.78, 5) is 2.09. The fraction of sp³-hybridized carbons (Fsp3) is 0.300. The lowest BCUT2D eigenvalue weighted by molar-refractivity contribution is 0.312. The zero-order valence-electron chi connectivity index (χ0n) is 9.14. The number of hydrogen-bond donors (Lipinski definition) is 1. The molecule has 0 aliphatic carbocycles. The van der Waals surface area contributed by atoms with Crippen molar-refractivity contribution in [3.63, 3.8) is 0 Å². The summed E-state index contributed by atoms with van der Waals surface area (Å²) < 4.78 is 5.68. The number of aromatic amines is 1. The summed E-state index contributed by atoms with van der Waals surface area (Å²) in [7, 11) is 2.00. The van der Waals surface area contributed by atoms with Crippen LogP contribution in [0, 0.1) is 0 Å². The van der Waals surface area contributed by atoms with Gasteiger partial charge in [-0.2, -0.15) is 5.21 Å². The van der Waals surface area contributed by atoms with Crippen LogP contribution in [0.4, 0.5) is 5.69 Å². The highest BCUT2D eigenvalue weighted by molar-refractivity contribution is 6.31. The van der Waals surface area contributed by atoms with Gasteiger partial charge in [0, 0.05) is 12.1 Å². The van der Waals surface area contributed by atoms with Crippen LogP contribution in [0.2, 0.25) is 5.02 Å². The second-order valence-corrected chi connectivity index (χ2v) is 4.24. The molecule has 0 saturated carbocycles. The van der Waals surface area contributed by atoms with E-state index in [4.69, 9.17) is 16.3 Å². The minimum absolute atomic E-state index is 0.485. The molecule has 6 nitrogen and oxygen atoms in total. The van der Waals surface area contributed by atoms with Gasteiger partial charge in [-0.25, -0.2) is 0 Å². The first-order valence-corrected chi connectivity index (χ1v) is 5.55. The van der Waals surface area contributed by atoms with Crippen molar-refractivity contribution in [1.29, 1.82) is 0 Å². The Balaban J connectivity index is 2.21. The standard InChI is InChI=1S/C10H10ClN5O/c1-16-2-3-17-9-7(10-12-14-15-13-10)4-6(11)5-8(9)16/h4-5H,2-3H2,1H3,(H,12,13,14,15). The van der Waals surface area contributed by atoms with Gasteiger partial charge in [0.25, 0.3) is 0 Å². The lowest BCUT2D eigenvalue weighted by Crippen LogP contribution is -2.29. The van der Waals surface area contributed by atoms with Crippen LogP contribution in [0.1, 0.15) is 0 Å². The van der Waals surface area contributed by atoms with Gasteiger partial charge in [0.05, 0.1) is 17.8 Å². The van der Waals surface area contributed by atoms with Crippen LogP contribution in [0.5, 0.6) is 5.75 Å². The molecule has 17 heavy (non-hydrogen) atoms. The van der Waals surface area contributed by atoms with Gasteiger partial charge < -0.3 is 9.64 Å². The summed E-state index contributed by atoms with van der Waals surface area (Å²) in [6.45, 7) is 1.47. The van der Waals surface area contributed by atoms with E-state index in [1.54, 1.807) is 6.07 Å². The first-order chi connectivity index (χ1) is 8.25. The van der Waals surface area contributed by atoms with Gasteiger partial charge in [0.2, 0.25) is 5.82 Å². The third kappa shape index (κ3) is 1.70. The molecule has 1 N–H and O–H groups in total. The molecule has 0 radical (unpaired) electrons. The summed E-state index contributed by atoms with van der Waals surface area (Å²) in [6.07, 6.45) is 0. The summed E-state index contributed by atoms with van der Waals surface area (Å²) in [5.41, 5.74) is 1.70. The Hall–Kier alpha value is -1.82. The van der Waals surface area contributed by atoms with Gasteiger partial charge in [-0.1, -0.05) is 11.6 Å². The summed E-state index contributed by atoms with van der Waals surface area (Å²) in [5.74, 6) is 1.24. The third-order valence-corrected chi connectivity index (χ3v) is 2.92. The first kappa shape index (κ1) is 10.3. The third-order valence-electron chi connectivity index (χ3n) is 2.70. The molecular formula is C10H10ClN5O. The number of nitrogens with zero attached hydrogens (tertiary/aromatic N) is 4. The molecule has 2 heterocycles. The number of H-pyrrole nitrogens is 1. The van der Waals surface area contributed by atoms with Crippen LogP contribution in [-0.4, -0.2) is 40.8 Å². The van der Waals surface area contributed by atoms with E-state index >= 15 is 0 Å². The molecule has 7 heteroatoms. The van der Waals surface area contributed by atoms with Crippen LogP contribution in [0.25, 0.3) is 11.4 Å². The molecule has 0 bridgehead atoms. The molecule has 1 aromatic heterocycles. The number of fused-ring (bicyclic) bond motifs is 1. The topological polar surface area (TPSA) is 66.9 Å². The van der Waals surface area contributed by atoms with E-state index < -0.39 is 0 Å². The second-order valence-electron chi connectivity index (χ2n) is 3.81. The van der Waals surface area contributed by atoms with Crippen molar-refractivity contribution in [2.75, 3.05) is 25.1 Å². The normalized spacial score (nSPS) is 14.4. The Labute approximate surface area is 103 Å². The number of likely N-dealkylation sites (N-methyl/N-ethyl adjacent to an activating group) is 1. The number of tetrazole rings is 1. The number of hydrogen-bond acceptors (Lipinski definition) is 5. The average Bonchev–Trinajstić information content (AvgIpc) is 2.83. The highest BCUT2D eigenvalue weighted by atomic mass is 35.5. The minimum Gasteiger partial charge on any atom is -0.489 e. The lowest BCUT2D eigenvalue weighted by Gasteiger charge is -2.28. The van der Waals surface area contributed by atoms with Crippen molar-refractivity contribution in [3.05, 3.63) is 17.2 Å². The zero-order chi connectivity index (χ0) is 11.8. The minimum atomic E-state index is 0.485. The Kier molecular flexibility index (Phi) is 2.36. The predicted molar refractivity (Wildman–Crippen MR) is 63.4 cm³/mol. The van der Waals surface area contributed by atoms with E-state index in [9.17, 15) is 0 Å². The highest BCUT2D eigenvalue weighted by Crippen LogP contribution is 2.41. The zero-order valence-corrected chi connectivity index (χ0v) is 9.90. The number of benzene rings is 1. The predicted octanol–water partition coefficient (Wildman–Crippen LogP) is 1.35. The van der Waals surface area contributed by atoms with E-state index in [0.29, 0.717) is 17.5 Å². The smallest absolute Gasteiger partial charge is 0.208 e. The van der Waals surface area contributed by atoms with E-state index in [-0.39, 0.29) is 0 Å². The summed E-state index contributed by atoms with van der Waals surface area (Å²) >= 11 is 6.10. The Morgan fingerprint density at radius 2 is 2.35 bits per heavy atom. The molecule has 0 amide bonds. The van der Waals surface area contributed by atoms with Gasteiger partial charge in [0.15, 0.2) is 5.75 Å². The van der Waals surface area contributed by atoms with Crippen LogP contribution in [0.15, 0.2) is 12.1 Å². The fourth-order valence-electron chi connectivity index (χ4n) is 1.86. The quantitative estimate of drug-likeness (QED) is 0.829. The number of rotatable bonds is 1. The fourth-order valence-corrected chi connectivity index (χ4v) is 2.07. The van der Waals surface area contributed by atoms with Crippen molar-refractivity contribution < 1.29 is 4.74 Å². The molecule has 0 fully saturated rings. The Morgan fingerprint density at radius 3 is 3.12 bits per heavy atom. The number of nitrogens with one attached hydrogen (secondary N) is 1. The first-order valence-electron chi connectivity index (χ1n) is 5.17. The maximum atomic E-state index is 6.10. The van der Waals surface area contributed by atoms with Gasteiger partial charge >= 0.3 is 0 Å². The van der Waals surface area contributed by atoms with Crippen molar-refractivity contribution in [3.8, 4) is 17.1 Å². The molecular weight excluding hydrogens is 242 g/mol. The van der Waals surface area contributed by atoms with Gasteiger partial charge in [-0.05, 0) is 17.3 Å². The van der Waals surface area contributed by atoms with Crippen LogP contribution < -0.4 is 9.64 Å². The van der Waals surface area contributed by atoms with E-state index in [1.807, 2.05) is 13.1 Å². The largest absolute Gasteiger partial charge is 0.489 e. The molecule has 1 aliphatic rings. The summed E-state index contributed by atoms with van der Waals surface area (Å²) in [5, 5.41) is 14.5. The molecule has 1 aromatic carbocycles.